The Balaban J connectivity index is 3.11. The molecule has 0 atom stereocenters. The number of sulfonamides is 1. The largest absolute Gasteiger partial charge is 0.382 e. The zero-order valence-corrected chi connectivity index (χ0v) is 11.3. The molecule has 0 bridgehead atoms. The smallest absolute Gasteiger partial charge is 0.238 e. The molecule has 17 heavy (non-hydrogen) atoms. The van der Waals surface area contributed by atoms with Crippen LogP contribution >= 0.6 is 0 Å². The molecule has 0 amide bonds. The third-order valence-corrected chi connectivity index (χ3v) is 3.99. The standard InChI is InChI=1S/C12H20N2O2S/c1-4-10(5-2)14-11-7-6-8-12(9(11)3)17(13,15)16/h6-8,10,14H,4-5H2,1-3H3,(H2,13,15,16). The Bertz CT molecular complexity index is 479. The second-order valence-electron chi connectivity index (χ2n) is 4.13. The van der Waals surface area contributed by atoms with Crippen LogP contribution in [0.15, 0.2) is 23.1 Å². The van der Waals surface area contributed by atoms with Gasteiger partial charge in [-0.3, -0.25) is 0 Å². The summed E-state index contributed by atoms with van der Waals surface area (Å²) in [4.78, 5) is 0.188. The quantitative estimate of drug-likeness (QED) is 0.848. The molecule has 0 spiro atoms. The van der Waals surface area contributed by atoms with Crippen LogP contribution in [-0.4, -0.2) is 14.5 Å². The van der Waals surface area contributed by atoms with Crippen LogP contribution in [-0.2, 0) is 10.0 Å². The van der Waals surface area contributed by atoms with Crippen LogP contribution in [0.5, 0.6) is 0 Å². The summed E-state index contributed by atoms with van der Waals surface area (Å²) < 4.78 is 22.8. The maximum Gasteiger partial charge on any atom is 0.238 e. The highest BCUT2D eigenvalue weighted by molar-refractivity contribution is 7.89. The van der Waals surface area contributed by atoms with Gasteiger partial charge >= 0.3 is 0 Å². The van der Waals surface area contributed by atoms with Crippen LogP contribution in [0.3, 0.4) is 0 Å². The maximum absolute atomic E-state index is 11.4. The van der Waals surface area contributed by atoms with Gasteiger partial charge in [0.25, 0.3) is 0 Å². The monoisotopic (exact) mass is 256 g/mol. The third kappa shape index (κ3) is 3.44. The highest BCUT2D eigenvalue weighted by atomic mass is 32.2. The lowest BCUT2D eigenvalue weighted by atomic mass is 10.1. The van der Waals surface area contributed by atoms with E-state index in [1.165, 1.54) is 6.07 Å². The molecule has 3 N–H and O–H groups in total. The first kappa shape index (κ1) is 14.0. The van der Waals surface area contributed by atoms with E-state index in [1.54, 1.807) is 13.0 Å². The van der Waals surface area contributed by atoms with Crippen LogP contribution in [0.25, 0.3) is 0 Å². The van der Waals surface area contributed by atoms with Crippen molar-refractivity contribution in [3.8, 4) is 0 Å². The molecule has 0 aliphatic heterocycles. The Labute approximate surface area is 103 Å². The van der Waals surface area contributed by atoms with Gasteiger partial charge in [0, 0.05) is 11.7 Å². The van der Waals surface area contributed by atoms with E-state index < -0.39 is 10.0 Å². The number of nitrogens with two attached hydrogens (primary N) is 1. The summed E-state index contributed by atoms with van der Waals surface area (Å²) in [6.07, 6.45) is 1.99. The lowest BCUT2D eigenvalue weighted by Gasteiger charge is -2.19. The third-order valence-electron chi connectivity index (χ3n) is 2.94. The Hall–Kier alpha value is -1.07. The van der Waals surface area contributed by atoms with E-state index in [4.69, 9.17) is 5.14 Å². The first-order valence-corrected chi connectivity index (χ1v) is 7.33. The summed E-state index contributed by atoms with van der Waals surface area (Å²) >= 11 is 0. The van der Waals surface area contributed by atoms with Crippen LogP contribution in [0, 0.1) is 6.92 Å². The molecule has 1 rings (SSSR count). The van der Waals surface area contributed by atoms with Gasteiger partial charge in [-0.25, -0.2) is 13.6 Å². The van der Waals surface area contributed by atoms with Gasteiger partial charge in [-0.05, 0) is 37.5 Å². The molecule has 0 aromatic heterocycles. The van der Waals surface area contributed by atoms with Crippen molar-refractivity contribution in [3.05, 3.63) is 23.8 Å². The molecule has 5 heteroatoms. The van der Waals surface area contributed by atoms with Gasteiger partial charge in [-0.2, -0.15) is 0 Å². The molecular weight excluding hydrogens is 236 g/mol. The van der Waals surface area contributed by atoms with E-state index in [1.807, 2.05) is 6.07 Å². The fourth-order valence-electron chi connectivity index (χ4n) is 1.79. The number of benzene rings is 1. The van der Waals surface area contributed by atoms with Gasteiger partial charge in [0.2, 0.25) is 10.0 Å². The fraction of sp³-hybridized carbons (Fsp3) is 0.500. The SMILES string of the molecule is CCC(CC)Nc1cccc(S(N)(=O)=O)c1C. The summed E-state index contributed by atoms with van der Waals surface area (Å²) in [5.41, 5.74) is 1.52. The van der Waals surface area contributed by atoms with E-state index in [-0.39, 0.29) is 4.90 Å². The Morgan fingerprint density at radius 1 is 1.29 bits per heavy atom. The minimum absolute atomic E-state index is 0.188. The number of nitrogens with one attached hydrogen (secondary N) is 1. The topological polar surface area (TPSA) is 72.2 Å². The van der Waals surface area contributed by atoms with Crippen LogP contribution < -0.4 is 10.5 Å². The molecule has 0 heterocycles. The van der Waals surface area contributed by atoms with E-state index in [2.05, 4.69) is 19.2 Å². The maximum atomic E-state index is 11.4. The number of anilines is 1. The first-order chi connectivity index (χ1) is 7.90. The Kier molecular flexibility index (Phi) is 4.54. The number of primary sulfonamides is 1. The van der Waals surface area contributed by atoms with E-state index in [9.17, 15) is 8.42 Å². The molecule has 0 radical (unpaired) electrons. The predicted molar refractivity (Wildman–Crippen MR) is 70.5 cm³/mol. The summed E-state index contributed by atoms with van der Waals surface area (Å²) in [5.74, 6) is 0. The number of hydrogen-bond acceptors (Lipinski definition) is 3. The molecule has 0 aliphatic rings. The van der Waals surface area contributed by atoms with Crippen molar-refractivity contribution in [1.29, 1.82) is 0 Å². The van der Waals surface area contributed by atoms with Gasteiger partial charge in [0.05, 0.1) is 4.90 Å². The van der Waals surface area contributed by atoms with Crippen molar-refractivity contribution < 1.29 is 8.42 Å². The molecular formula is C12H20N2O2S. The molecule has 0 fully saturated rings. The van der Waals surface area contributed by atoms with Crippen molar-refractivity contribution in [2.24, 2.45) is 5.14 Å². The average Bonchev–Trinajstić information content (AvgIpc) is 2.26. The van der Waals surface area contributed by atoms with Crippen molar-refractivity contribution in [3.63, 3.8) is 0 Å². The van der Waals surface area contributed by atoms with E-state index in [0.717, 1.165) is 18.5 Å². The first-order valence-electron chi connectivity index (χ1n) is 5.79. The number of hydrogen-bond donors (Lipinski definition) is 2. The van der Waals surface area contributed by atoms with Crippen molar-refractivity contribution >= 4 is 15.7 Å². The number of rotatable bonds is 5. The average molecular weight is 256 g/mol. The molecule has 0 aliphatic carbocycles. The minimum atomic E-state index is -3.65. The van der Waals surface area contributed by atoms with Crippen molar-refractivity contribution in [2.75, 3.05) is 5.32 Å². The fourth-order valence-corrected chi connectivity index (χ4v) is 2.60. The highest BCUT2D eigenvalue weighted by Crippen LogP contribution is 2.23. The minimum Gasteiger partial charge on any atom is -0.382 e. The van der Waals surface area contributed by atoms with Gasteiger partial charge in [-0.15, -0.1) is 0 Å². The Morgan fingerprint density at radius 3 is 2.35 bits per heavy atom. The van der Waals surface area contributed by atoms with Crippen LogP contribution in [0.4, 0.5) is 5.69 Å². The molecule has 4 nitrogen and oxygen atoms in total. The summed E-state index contributed by atoms with van der Waals surface area (Å²) in [5, 5.41) is 8.51. The molecule has 1 aromatic rings. The molecule has 0 unspecified atom stereocenters. The van der Waals surface area contributed by atoms with Gasteiger partial charge in [-0.1, -0.05) is 19.9 Å². The second-order valence-corrected chi connectivity index (χ2v) is 5.66. The summed E-state index contributed by atoms with van der Waals surface area (Å²) in [6, 6.07) is 5.46. The van der Waals surface area contributed by atoms with Gasteiger partial charge in [0.15, 0.2) is 0 Å². The van der Waals surface area contributed by atoms with E-state index in [0.29, 0.717) is 11.6 Å². The summed E-state index contributed by atoms with van der Waals surface area (Å²) in [6.45, 7) is 5.96. The van der Waals surface area contributed by atoms with Crippen molar-refractivity contribution in [2.45, 2.75) is 44.6 Å². The molecule has 0 saturated carbocycles. The normalized spacial score (nSPS) is 11.8. The lowest BCUT2D eigenvalue weighted by Crippen LogP contribution is -2.19. The lowest BCUT2D eigenvalue weighted by molar-refractivity contribution is 0.597. The molecule has 0 saturated heterocycles. The molecule has 96 valence electrons. The zero-order valence-electron chi connectivity index (χ0n) is 10.5. The van der Waals surface area contributed by atoms with Gasteiger partial charge < -0.3 is 5.32 Å². The molecule has 1 aromatic carbocycles. The van der Waals surface area contributed by atoms with E-state index >= 15 is 0 Å². The van der Waals surface area contributed by atoms with Crippen LogP contribution in [0.2, 0.25) is 0 Å². The van der Waals surface area contributed by atoms with Gasteiger partial charge in [0.1, 0.15) is 0 Å². The van der Waals surface area contributed by atoms with Crippen LogP contribution in [0.1, 0.15) is 32.3 Å². The predicted octanol–water partition coefficient (Wildman–Crippen LogP) is 2.24. The highest BCUT2D eigenvalue weighted by Gasteiger charge is 2.14. The second kappa shape index (κ2) is 5.51. The zero-order chi connectivity index (χ0) is 13.1. The summed E-state index contributed by atoms with van der Waals surface area (Å²) in [7, 11) is -3.65. The van der Waals surface area contributed by atoms with Crippen molar-refractivity contribution in [1.82, 2.24) is 0 Å². The Morgan fingerprint density at radius 2 is 1.88 bits per heavy atom.